The number of aromatic hydroxyl groups is 1. The number of aryl methyl sites for hydroxylation is 1. The minimum atomic E-state index is -0.994. The minimum Gasteiger partial charge on any atom is -0.506 e. The second-order valence-electron chi connectivity index (χ2n) is 7.17. The molecule has 1 aliphatic rings. The van der Waals surface area contributed by atoms with Gasteiger partial charge in [0.05, 0.1) is 34.6 Å². The molecule has 0 saturated heterocycles. The standard InChI is InChI=1S/C21H20O5/c1-9-7-12-8-13-16(17(23)10(2)20(25)21(13,4)5)18(24)15(12)19(26-6)14(9)11(3)22/h7-8,24H,2H2,1,3-6H3. The Kier molecular flexibility index (Phi) is 3.80. The average Bonchev–Trinajstić information content (AvgIpc) is 2.56. The molecule has 0 unspecified atom stereocenters. The molecule has 0 saturated carbocycles. The van der Waals surface area contributed by atoms with Gasteiger partial charge in [0.15, 0.2) is 17.3 Å². The van der Waals surface area contributed by atoms with Crippen molar-refractivity contribution >= 4 is 28.1 Å². The number of Topliss-reactive ketones (excluding diaryl/α,β-unsaturated/α-hetero) is 3. The molecule has 2 aromatic carbocycles. The maximum atomic E-state index is 12.7. The van der Waals surface area contributed by atoms with Gasteiger partial charge in [0.25, 0.3) is 0 Å². The van der Waals surface area contributed by atoms with Gasteiger partial charge in [-0.05, 0) is 50.3 Å². The second-order valence-corrected chi connectivity index (χ2v) is 7.17. The van der Waals surface area contributed by atoms with Crippen LogP contribution in [0.15, 0.2) is 24.3 Å². The molecule has 0 spiro atoms. The molecule has 1 aliphatic carbocycles. The summed E-state index contributed by atoms with van der Waals surface area (Å²) in [7, 11) is 1.41. The van der Waals surface area contributed by atoms with Crippen LogP contribution in [0.5, 0.6) is 11.5 Å². The highest BCUT2D eigenvalue weighted by Crippen LogP contribution is 2.47. The Labute approximate surface area is 151 Å². The zero-order valence-corrected chi connectivity index (χ0v) is 15.4. The number of methoxy groups -OCH3 is 1. The summed E-state index contributed by atoms with van der Waals surface area (Å²) < 4.78 is 5.43. The molecule has 0 aliphatic heterocycles. The fourth-order valence-electron chi connectivity index (χ4n) is 3.77. The molecule has 5 heteroatoms. The first-order valence-electron chi connectivity index (χ1n) is 8.21. The van der Waals surface area contributed by atoms with Crippen molar-refractivity contribution in [2.45, 2.75) is 33.1 Å². The Morgan fingerprint density at radius 1 is 1.23 bits per heavy atom. The third kappa shape index (κ3) is 2.13. The van der Waals surface area contributed by atoms with Crippen molar-refractivity contribution in [3.8, 4) is 11.5 Å². The Morgan fingerprint density at radius 2 is 1.85 bits per heavy atom. The molecular weight excluding hydrogens is 332 g/mol. The Morgan fingerprint density at radius 3 is 2.38 bits per heavy atom. The Bertz CT molecular complexity index is 1040. The lowest BCUT2D eigenvalue weighted by molar-refractivity contribution is -0.119. The van der Waals surface area contributed by atoms with E-state index in [-0.39, 0.29) is 39.6 Å². The summed E-state index contributed by atoms with van der Waals surface area (Å²) in [6.45, 7) is 10.2. The van der Waals surface area contributed by atoms with Crippen molar-refractivity contribution in [3.05, 3.63) is 46.5 Å². The van der Waals surface area contributed by atoms with Gasteiger partial charge < -0.3 is 9.84 Å². The summed E-state index contributed by atoms with van der Waals surface area (Å²) in [5.74, 6) is -1.23. The first-order chi connectivity index (χ1) is 12.0. The van der Waals surface area contributed by atoms with Crippen molar-refractivity contribution < 1.29 is 24.2 Å². The van der Waals surface area contributed by atoms with Crippen LogP contribution >= 0.6 is 0 Å². The van der Waals surface area contributed by atoms with E-state index >= 15 is 0 Å². The number of carbonyl (C=O) groups excluding carboxylic acids is 3. The van der Waals surface area contributed by atoms with E-state index in [0.29, 0.717) is 22.1 Å². The third-order valence-corrected chi connectivity index (χ3v) is 5.12. The van der Waals surface area contributed by atoms with Crippen LogP contribution in [0.1, 0.15) is 52.6 Å². The number of ketones is 3. The van der Waals surface area contributed by atoms with Crippen LogP contribution in [0.2, 0.25) is 0 Å². The van der Waals surface area contributed by atoms with Crippen molar-refractivity contribution in [2.75, 3.05) is 7.11 Å². The molecule has 134 valence electrons. The highest BCUT2D eigenvalue weighted by atomic mass is 16.5. The van der Waals surface area contributed by atoms with Crippen molar-refractivity contribution in [1.82, 2.24) is 0 Å². The molecule has 2 aromatic rings. The molecule has 0 atom stereocenters. The quantitative estimate of drug-likeness (QED) is 0.507. The number of benzene rings is 2. The van der Waals surface area contributed by atoms with Gasteiger partial charge >= 0.3 is 0 Å². The molecule has 3 rings (SSSR count). The maximum Gasteiger partial charge on any atom is 0.200 e. The van der Waals surface area contributed by atoms with Gasteiger partial charge in [0.2, 0.25) is 0 Å². The number of allylic oxidation sites excluding steroid dienone is 1. The number of fused-ring (bicyclic) bond motifs is 2. The number of rotatable bonds is 2. The van der Waals surface area contributed by atoms with E-state index < -0.39 is 11.2 Å². The van der Waals surface area contributed by atoms with Gasteiger partial charge in [-0.25, -0.2) is 0 Å². The molecule has 0 bridgehead atoms. The average molecular weight is 352 g/mol. The predicted octanol–water partition coefficient (Wildman–Crippen LogP) is 3.66. The fourth-order valence-corrected chi connectivity index (χ4v) is 3.77. The summed E-state index contributed by atoms with van der Waals surface area (Å²) in [5.41, 5.74) is 0.386. The van der Waals surface area contributed by atoms with Crippen LogP contribution in [0.4, 0.5) is 0 Å². The highest BCUT2D eigenvalue weighted by molar-refractivity contribution is 6.33. The Balaban J connectivity index is 2.57. The lowest BCUT2D eigenvalue weighted by Crippen LogP contribution is -2.39. The maximum absolute atomic E-state index is 12.7. The Hall–Kier alpha value is -2.95. The van der Waals surface area contributed by atoms with Crippen LogP contribution in [0, 0.1) is 6.92 Å². The van der Waals surface area contributed by atoms with Crippen molar-refractivity contribution in [3.63, 3.8) is 0 Å². The summed E-state index contributed by atoms with van der Waals surface area (Å²) in [4.78, 5) is 37.3. The number of phenolic OH excluding ortho intramolecular Hbond substituents is 1. The fraction of sp³-hybridized carbons (Fsp3) is 0.286. The van der Waals surface area contributed by atoms with E-state index in [1.807, 2.05) is 0 Å². The molecular formula is C21H20O5. The smallest absolute Gasteiger partial charge is 0.200 e. The van der Waals surface area contributed by atoms with Gasteiger partial charge in [0, 0.05) is 0 Å². The van der Waals surface area contributed by atoms with E-state index in [2.05, 4.69) is 6.58 Å². The lowest BCUT2D eigenvalue weighted by Gasteiger charge is -2.32. The van der Waals surface area contributed by atoms with E-state index in [1.165, 1.54) is 14.0 Å². The molecule has 0 heterocycles. The molecule has 0 aromatic heterocycles. The second kappa shape index (κ2) is 5.53. The van der Waals surface area contributed by atoms with Gasteiger partial charge in [-0.2, -0.15) is 0 Å². The summed E-state index contributed by atoms with van der Waals surface area (Å²) in [6.07, 6.45) is 0. The zero-order chi connectivity index (χ0) is 19.5. The van der Waals surface area contributed by atoms with Crippen molar-refractivity contribution in [1.29, 1.82) is 0 Å². The van der Waals surface area contributed by atoms with Gasteiger partial charge in [-0.15, -0.1) is 0 Å². The number of phenols is 1. The van der Waals surface area contributed by atoms with E-state index in [0.717, 1.165) is 0 Å². The van der Waals surface area contributed by atoms with Crippen LogP contribution in [0.25, 0.3) is 10.8 Å². The normalized spacial score (nSPS) is 16.0. The molecule has 0 radical (unpaired) electrons. The van der Waals surface area contributed by atoms with Crippen LogP contribution in [0.3, 0.4) is 0 Å². The third-order valence-electron chi connectivity index (χ3n) is 5.12. The first kappa shape index (κ1) is 17.9. The zero-order valence-electron chi connectivity index (χ0n) is 15.4. The van der Waals surface area contributed by atoms with Gasteiger partial charge in [-0.1, -0.05) is 12.6 Å². The first-order valence-corrected chi connectivity index (χ1v) is 8.21. The monoisotopic (exact) mass is 352 g/mol. The predicted molar refractivity (Wildman–Crippen MR) is 98.4 cm³/mol. The van der Waals surface area contributed by atoms with Gasteiger partial charge in [-0.3, -0.25) is 14.4 Å². The van der Waals surface area contributed by atoms with E-state index in [9.17, 15) is 19.5 Å². The van der Waals surface area contributed by atoms with Crippen LogP contribution in [-0.4, -0.2) is 29.6 Å². The van der Waals surface area contributed by atoms with Crippen LogP contribution < -0.4 is 4.74 Å². The lowest BCUT2D eigenvalue weighted by atomic mass is 9.68. The van der Waals surface area contributed by atoms with Crippen molar-refractivity contribution in [2.24, 2.45) is 0 Å². The largest absolute Gasteiger partial charge is 0.506 e. The molecule has 5 nitrogen and oxygen atoms in total. The summed E-state index contributed by atoms with van der Waals surface area (Å²) in [6, 6.07) is 3.47. The molecule has 1 N–H and O–H groups in total. The highest BCUT2D eigenvalue weighted by Gasteiger charge is 2.44. The number of hydrogen-bond acceptors (Lipinski definition) is 5. The summed E-state index contributed by atoms with van der Waals surface area (Å²) >= 11 is 0. The number of ether oxygens (including phenoxy) is 1. The van der Waals surface area contributed by atoms with E-state index in [4.69, 9.17) is 4.74 Å². The minimum absolute atomic E-state index is 0.0451. The number of carbonyl (C=O) groups is 3. The van der Waals surface area contributed by atoms with E-state index in [1.54, 1.807) is 32.9 Å². The van der Waals surface area contributed by atoms with Crippen LogP contribution in [-0.2, 0) is 10.2 Å². The number of hydrogen-bond donors (Lipinski definition) is 1. The molecule has 0 fully saturated rings. The molecule has 0 amide bonds. The SMILES string of the molecule is C=C1C(=O)c2c(cc3cc(C)c(C(C)=O)c(OC)c3c2O)C(C)(C)C1=O. The molecule has 26 heavy (non-hydrogen) atoms. The topological polar surface area (TPSA) is 80.7 Å². The summed E-state index contributed by atoms with van der Waals surface area (Å²) in [5, 5.41) is 11.8. The van der Waals surface area contributed by atoms with Gasteiger partial charge in [0.1, 0.15) is 11.5 Å².